The van der Waals surface area contributed by atoms with E-state index in [1.165, 1.54) is 30.8 Å². The summed E-state index contributed by atoms with van der Waals surface area (Å²) in [6, 6.07) is -2.86. The van der Waals surface area contributed by atoms with Gasteiger partial charge >= 0.3 is 6.18 Å². The van der Waals surface area contributed by atoms with Crippen molar-refractivity contribution in [1.82, 2.24) is 35.6 Å². The summed E-state index contributed by atoms with van der Waals surface area (Å²) >= 11 is 12.7. The van der Waals surface area contributed by atoms with Gasteiger partial charge in [0.25, 0.3) is 0 Å². The van der Waals surface area contributed by atoms with E-state index in [9.17, 15) is 51.1 Å². The number of hydrogen-bond donors (Lipinski definition) is 3. The van der Waals surface area contributed by atoms with E-state index in [1.807, 2.05) is 13.8 Å². The summed E-state index contributed by atoms with van der Waals surface area (Å²) in [4.78, 5) is 102. The highest BCUT2D eigenvalue weighted by Gasteiger charge is 2.70. The average Bonchev–Trinajstić information content (AvgIpc) is 3.94. The Bertz CT molecular complexity index is 1850. The molecule has 0 unspecified atom stereocenters. The van der Waals surface area contributed by atoms with Crippen molar-refractivity contribution >= 4 is 64.6 Å². The molecule has 0 aromatic heterocycles. The fourth-order valence-corrected chi connectivity index (χ4v) is 8.55. The van der Waals surface area contributed by atoms with Gasteiger partial charge in [0.2, 0.25) is 41.4 Å². The number of likely N-dealkylation sites (tertiary alicyclic amines) is 1. The van der Waals surface area contributed by atoms with Gasteiger partial charge in [0.05, 0.1) is 6.54 Å². The molecule has 7 amide bonds. The SMILES string of the molecule is CCC[C@H](NC(=O)[C@@H]1C[C@@H](F)CN1C(=O)C1(C(F)(F)F)CC1)C(=O)N(C)[C@H]1CCCCN(C)C(=O)[C@@H](C)NC(=O)[C@H](Cc2cc(Cl)ccc2Cl)N(C)C(=O)[C@H](CC(C)C)NC1=O. The second-order valence-corrected chi connectivity index (χ2v) is 18.1. The van der Waals surface area contributed by atoms with Crippen molar-refractivity contribution in [3.8, 4) is 0 Å². The molecule has 3 fully saturated rings. The van der Waals surface area contributed by atoms with Crippen LogP contribution in [0, 0.1) is 11.3 Å². The lowest BCUT2D eigenvalue weighted by molar-refractivity contribution is -0.199. The molecule has 2 saturated heterocycles. The van der Waals surface area contributed by atoms with Crippen LogP contribution in [0.1, 0.15) is 91.0 Å². The van der Waals surface area contributed by atoms with Crippen molar-refractivity contribution in [3.63, 3.8) is 0 Å². The van der Waals surface area contributed by atoms with Crippen LogP contribution in [0.2, 0.25) is 10.0 Å². The van der Waals surface area contributed by atoms with Gasteiger partial charge in [-0.1, -0.05) is 50.4 Å². The summed E-state index contributed by atoms with van der Waals surface area (Å²) in [6.07, 6.45) is -7.02. The van der Waals surface area contributed by atoms with E-state index in [4.69, 9.17) is 23.2 Å². The number of nitrogens with zero attached hydrogens (tertiary/aromatic N) is 4. The molecule has 3 aliphatic rings. The second-order valence-electron chi connectivity index (χ2n) is 17.3. The average molecular weight is 921 g/mol. The monoisotopic (exact) mass is 919 g/mol. The van der Waals surface area contributed by atoms with E-state index in [-0.39, 0.29) is 43.2 Å². The van der Waals surface area contributed by atoms with Crippen LogP contribution in [0.15, 0.2) is 18.2 Å². The maximum atomic E-state index is 14.7. The van der Waals surface area contributed by atoms with Crippen LogP contribution < -0.4 is 16.0 Å². The number of likely N-dealkylation sites (N-methyl/N-ethyl adjacent to an activating group) is 3. The number of hydrogen-bond acceptors (Lipinski definition) is 7. The van der Waals surface area contributed by atoms with E-state index in [1.54, 1.807) is 32.2 Å². The molecule has 0 bridgehead atoms. The minimum atomic E-state index is -4.88. The van der Waals surface area contributed by atoms with Crippen molar-refractivity contribution in [2.75, 3.05) is 34.2 Å². The minimum absolute atomic E-state index is 0.0277. The molecular formula is C42H59Cl2F4N7O7. The third kappa shape index (κ3) is 11.9. The molecule has 1 aromatic carbocycles. The molecule has 2 aliphatic heterocycles. The van der Waals surface area contributed by atoms with Crippen molar-refractivity contribution in [1.29, 1.82) is 0 Å². The number of amides is 7. The molecule has 14 nitrogen and oxygen atoms in total. The predicted octanol–water partition coefficient (Wildman–Crippen LogP) is 4.43. The maximum absolute atomic E-state index is 14.7. The molecule has 1 aliphatic carbocycles. The van der Waals surface area contributed by atoms with Gasteiger partial charge in [-0.2, -0.15) is 13.2 Å². The summed E-state index contributed by atoms with van der Waals surface area (Å²) in [6.45, 7) is 6.44. The first-order valence-electron chi connectivity index (χ1n) is 21.1. The van der Waals surface area contributed by atoms with E-state index in [0.29, 0.717) is 34.7 Å². The van der Waals surface area contributed by atoms with Crippen molar-refractivity contribution in [2.45, 2.75) is 141 Å². The van der Waals surface area contributed by atoms with Crippen molar-refractivity contribution < 1.29 is 51.1 Å². The third-order valence-corrected chi connectivity index (χ3v) is 12.6. The molecule has 62 heavy (non-hydrogen) atoms. The Kier molecular flexibility index (Phi) is 17.1. The Labute approximate surface area is 370 Å². The lowest BCUT2D eigenvalue weighted by Crippen LogP contribution is -2.60. The first-order valence-corrected chi connectivity index (χ1v) is 21.8. The number of halogens is 6. The maximum Gasteiger partial charge on any atom is 0.403 e. The Hall–Kier alpha value is -4.19. The number of carbonyl (C=O) groups excluding carboxylic acids is 7. The standard InChI is InChI=1S/C42H59Cl2F4N7O7/c1-8-11-29(50-36(58)33-21-27(45)22-55(33)40(62)41(15-16-41)42(46,47)48)38(60)53(6)31-12-9-10-17-52(5)37(59)24(4)49-35(57)32(20-25-19-26(43)13-14-28(25)44)54(7)39(61)30(18-23(2)3)51-34(31)56/h13-14,19,23-24,27,29-33H,8-12,15-18,20-22H2,1-7H3,(H,49,57)(H,50,58)(H,51,56)/t24-,27-,29+,30+,31+,32+,33+/m1/s1. The van der Waals surface area contributed by atoms with Gasteiger partial charge in [-0.25, -0.2) is 4.39 Å². The molecule has 20 heteroatoms. The Morgan fingerprint density at radius 1 is 1.02 bits per heavy atom. The van der Waals surface area contributed by atoms with Crippen LogP contribution in [0.5, 0.6) is 0 Å². The quantitative estimate of drug-likeness (QED) is 0.276. The van der Waals surface area contributed by atoms with Crippen molar-refractivity contribution in [2.24, 2.45) is 11.3 Å². The van der Waals surface area contributed by atoms with Gasteiger partial charge in [0.15, 0.2) is 0 Å². The lowest BCUT2D eigenvalue weighted by Gasteiger charge is -2.35. The Morgan fingerprint density at radius 3 is 2.27 bits per heavy atom. The van der Waals surface area contributed by atoms with Gasteiger partial charge in [-0.05, 0) is 81.5 Å². The number of benzene rings is 1. The summed E-state index contributed by atoms with van der Waals surface area (Å²) in [5.74, 6) is -5.68. The molecule has 3 N–H and O–H groups in total. The molecular weight excluding hydrogens is 861 g/mol. The summed E-state index contributed by atoms with van der Waals surface area (Å²) in [5, 5.41) is 8.71. The summed E-state index contributed by atoms with van der Waals surface area (Å²) < 4.78 is 56.4. The van der Waals surface area contributed by atoms with Crippen LogP contribution >= 0.6 is 23.2 Å². The Balaban J connectivity index is 1.64. The molecule has 1 saturated carbocycles. The molecule has 4 rings (SSSR count). The van der Waals surface area contributed by atoms with E-state index < -0.39 is 121 Å². The fraction of sp³-hybridized carbons (Fsp3) is 0.690. The number of carbonyl (C=O) groups is 7. The second kappa shape index (κ2) is 21.0. The number of alkyl halides is 4. The normalized spacial score (nSPS) is 25.9. The smallest absolute Gasteiger partial charge is 0.344 e. The minimum Gasteiger partial charge on any atom is -0.344 e. The molecule has 7 atom stereocenters. The highest BCUT2D eigenvalue weighted by Crippen LogP contribution is 2.59. The van der Waals surface area contributed by atoms with Crippen LogP contribution in [-0.4, -0.2) is 144 Å². The first kappa shape index (κ1) is 50.5. The molecule has 346 valence electrons. The molecule has 1 aromatic rings. The van der Waals surface area contributed by atoms with E-state index in [0.717, 1.165) is 4.90 Å². The van der Waals surface area contributed by atoms with Gasteiger partial charge in [-0.3, -0.25) is 33.6 Å². The predicted molar refractivity (Wildman–Crippen MR) is 223 cm³/mol. The summed E-state index contributed by atoms with van der Waals surface area (Å²) in [7, 11) is 4.30. The highest BCUT2D eigenvalue weighted by atomic mass is 35.5. The van der Waals surface area contributed by atoms with Crippen molar-refractivity contribution in [3.05, 3.63) is 33.8 Å². The fourth-order valence-electron chi connectivity index (χ4n) is 8.16. The van der Waals surface area contributed by atoms with Crippen LogP contribution in [0.3, 0.4) is 0 Å². The number of rotatable bonds is 11. The molecule has 2 heterocycles. The van der Waals surface area contributed by atoms with Gasteiger partial charge in [0.1, 0.15) is 47.8 Å². The van der Waals surface area contributed by atoms with Crippen LogP contribution in [0.4, 0.5) is 17.6 Å². The van der Waals surface area contributed by atoms with E-state index in [2.05, 4.69) is 16.0 Å². The largest absolute Gasteiger partial charge is 0.403 e. The number of nitrogens with one attached hydrogen (secondary N) is 3. The van der Waals surface area contributed by atoms with Crippen LogP contribution in [0.25, 0.3) is 0 Å². The zero-order valence-corrected chi connectivity index (χ0v) is 37.8. The molecule has 0 spiro atoms. The lowest BCUT2D eigenvalue weighted by atomic mass is 9.98. The zero-order valence-electron chi connectivity index (χ0n) is 36.3. The Morgan fingerprint density at radius 2 is 1.68 bits per heavy atom. The third-order valence-electron chi connectivity index (χ3n) is 12.0. The zero-order chi connectivity index (χ0) is 46.4. The summed E-state index contributed by atoms with van der Waals surface area (Å²) in [5.41, 5.74) is -2.22. The molecule has 0 radical (unpaired) electrons. The van der Waals surface area contributed by atoms with E-state index >= 15 is 0 Å². The van der Waals surface area contributed by atoms with Crippen LogP contribution in [-0.2, 0) is 40.0 Å². The highest BCUT2D eigenvalue weighted by molar-refractivity contribution is 6.33. The van der Waals surface area contributed by atoms with Gasteiger partial charge < -0.3 is 35.6 Å². The van der Waals surface area contributed by atoms with Gasteiger partial charge in [0, 0.05) is 50.6 Å². The topological polar surface area (TPSA) is 169 Å². The van der Waals surface area contributed by atoms with Gasteiger partial charge in [-0.15, -0.1) is 0 Å². The first-order chi connectivity index (χ1) is 28.9.